The summed E-state index contributed by atoms with van der Waals surface area (Å²) in [5, 5.41) is 0. The van der Waals surface area contributed by atoms with E-state index in [1.807, 2.05) is 19.9 Å². The molecule has 20 heavy (non-hydrogen) atoms. The molecule has 0 saturated heterocycles. The minimum atomic E-state index is 0.196. The maximum absolute atomic E-state index is 12.9. The van der Waals surface area contributed by atoms with Gasteiger partial charge in [0.2, 0.25) is 0 Å². The fourth-order valence-corrected chi connectivity index (χ4v) is 3.49. The lowest BCUT2D eigenvalue weighted by atomic mass is 9.86. The Hall–Kier alpha value is -1.25. The van der Waals surface area contributed by atoms with Crippen molar-refractivity contribution in [1.29, 1.82) is 0 Å². The lowest BCUT2D eigenvalue weighted by Crippen LogP contribution is -2.43. The van der Waals surface area contributed by atoms with E-state index in [0.717, 1.165) is 23.0 Å². The van der Waals surface area contributed by atoms with Gasteiger partial charge < -0.3 is 9.32 Å². The van der Waals surface area contributed by atoms with Crippen LogP contribution in [0.3, 0.4) is 0 Å². The topological polar surface area (TPSA) is 33.5 Å². The standard InChI is InChI=1S/C17H25NO2/c1-11-4-6-14(7-5-11)18(15-8-9-15)17(19)16-10-12(2)20-13(16)3/h10-11,14-15H,4-9H2,1-3H3. The number of rotatable bonds is 3. The summed E-state index contributed by atoms with van der Waals surface area (Å²) in [6.45, 7) is 6.13. The van der Waals surface area contributed by atoms with Crippen LogP contribution in [0, 0.1) is 19.8 Å². The average molecular weight is 275 g/mol. The van der Waals surface area contributed by atoms with Crippen molar-refractivity contribution in [3.63, 3.8) is 0 Å². The van der Waals surface area contributed by atoms with Gasteiger partial charge in [-0.05, 0) is 64.4 Å². The molecular weight excluding hydrogens is 250 g/mol. The quantitative estimate of drug-likeness (QED) is 0.832. The van der Waals surface area contributed by atoms with E-state index in [0.29, 0.717) is 12.1 Å². The first-order chi connectivity index (χ1) is 9.56. The van der Waals surface area contributed by atoms with Gasteiger partial charge in [-0.15, -0.1) is 0 Å². The van der Waals surface area contributed by atoms with E-state index >= 15 is 0 Å². The Bertz CT molecular complexity index is 493. The van der Waals surface area contributed by atoms with Crippen molar-refractivity contribution in [2.24, 2.45) is 5.92 Å². The van der Waals surface area contributed by atoms with Crippen LogP contribution in [0.1, 0.15) is 67.3 Å². The fourth-order valence-electron chi connectivity index (χ4n) is 3.49. The van der Waals surface area contributed by atoms with Gasteiger partial charge in [0.15, 0.2) is 0 Å². The monoisotopic (exact) mass is 275 g/mol. The summed E-state index contributed by atoms with van der Waals surface area (Å²) in [6.07, 6.45) is 7.19. The van der Waals surface area contributed by atoms with E-state index < -0.39 is 0 Å². The van der Waals surface area contributed by atoms with Gasteiger partial charge in [-0.3, -0.25) is 4.79 Å². The number of aryl methyl sites for hydroxylation is 2. The summed E-state index contributed by atoms with van der Waals surface area (Å²) >= 11 is 0. The molecule has 2 saturated carbocycles. The molecule has 2 fully saturated rings. The summed E-state index contributed by atoms with van der Waals surface area (Å²) in [7, 11) is 0. The average Bonchev–Trinajstić information content (AvgIpc) is 3.17. The molecule has 0 spiro atoms. The van der Waals surface area contributed by atoms with Crippen LogP contribution < -0.4 is 0 Å². The SMILES string of the molecule is Cc1cc(C(=O)N(C2CCC(C)CC2)C2CC2)c(C)o1. The van der Waals surface area contributed by atoms with E-state index in [9.17, 15) is 4.79 Å². The van der Waals surface area contributed by atoms with E-state index in [2.05, 4.69) is 11.8 Å². The molecule has 0 unspecified atom stereocenters. The van der Waals surface area contributed by atoms with Gasteiger partial charge in [-0.2, -0.15) is 0 Å². The van der Waals surface area contributed by atoms with Crippen LogP contribution in [0.25, 0.3) is 0 Å². The summed E-state index contributed by atoms with van der Waals surface area (Å²) in [6, 6.07) is 2.83. The second-order valence-electron chi connectivity index (χ2n) is 6.68. The lowest BCUT2D eigenvalue weighted by molar-refractivity contribution is 0.0591. The molecule has 0 N–H and O–H groups in total. The highest BCUT2D eigenvalue weighted by Gasteiger charge is 2.39. The molecule has 0 aromatic carbocycles. The summed E-state index contributed by atoms with van der Waals surface area (Å²) in [5.41, 5.74) is 0.771. The van der Waals surface area contributed by atoms with Crippen molar-refractivity contribution in [3.8, 4) is 0 Å². The predicted octanol–water partition coefficient (Wildman–Crippen LogP) is 4.08. The molecule has 3 heteroatoms. The molecule has 110 valence electrons. The van der Waals surface area contributed by atoms with Crippen LogP contribution in [0.15, 0.2) is 10.5 Å². The minimum absolute atomic E-state index is 0.196. The van der Waals surface area contributed by atoms with Crippen LogP contribution in [-0.2, 0) is 0 Å². The number of carbonyl (C=O) groups excluding carboxylic acids is 1. The van der Waals surface area contributed by atoms with Crippen molar-refractivity contribution >= 4 is 5.91 Å². The van der Waals surface area contributed by atoms with Crippen LogP contribution in [-0.4, -0.2) is 22.9 Å². The Kier molecular flexibility index (Phi) is 3.61. The zero-order valence-electron chi connectivity index (χ0n) is 12.8. The summed E-state index contributed by atoms with van der Waals surface area (Å²) < 4.78 is 5.54. The van der Waals surface area contributed by atoms with Crippen molar-refractivity contribution in [2.45, 2.75) is 71.4 Å². The molecule has 3 rings (SSSR count). The maximum atomic E-state index is 12.9. The van der Waals surface area contributed by atoms with Gasteiger partial charge in [-0.1, -0.05) is 6.92 Å². The smallest absolute Gasteiger partial charge is 0.257 e. The zero-order valence-corrected chi connectivity index (χ0v) is 12.8. The lowest BCUT2D eigenvalue weighted by Gasteiger charge is -2.36. The van der Waals surface area contributed by atoms with Crippen molar-refractivity contribution in [2.75, 3.05) is 0 Å². The second-order valence-corrected chi connectivity index (χ2v) is 6.68. The Morgan fingerprint density at radius 3 is 2.10 bits per heavy atom. The predicted molar refractivity (Wildman–Crippen MR) is 78.8 cm³/mol. The number of furan rings is 1. The van der Waals surface area contributed by atoms with E-state index in [-0.39, 0.29) is 5.91 Å². The Morgan fingerprint density at radius 2 is 1.65 bits per heavy atom. The molecular formula is C17H25NO2. The van der Waals surface area contributed by atoms with Crippen LogP contribution in [0.2, 0.25) is 0 Å². The molecule has 3 nitrogen and oxygen atoms in total. The molecule has 0 atom stereocenters. The molecule has 0 radical (unpaired) electrons. The number of amides is 1. The minimum Gasteiger partial charge on any atom is -0.466 e. The van der Waals surface area contributed by atoms with Gasteiger partial charge in [0, 0.05) is 12.1 Å². The number of carbonyl (C=O) groups is 1. The van der Waals surface area contributed by atoms with E-state index in [1.54, 1.807) is 0 Å². The van der Waals surface area contributed by atoms with Gasteiger partial charge >= 0.3 is 0 Å². The van der Waals surface area contributed by atoms with E-state index in [4.69, 9.17) is 4.42 Å². The van der Waals surface area contributed by atoms with Crippen LogP contribution >= 0.6 is 0 Å². The third-order valence-corrected chi connectivity index (χ3v) is 4.82. The summed E-state index contributed by atoms with van der Waals surface area (Å²) in [5.74, 6) is 2.61. The number of hydrogen-bond donors (Lipinski definition) is 0. The van der Waals surface area contributed by atoms with Crippen molar-refractivity contribution in [1.82, 2.24) is 4.90 Å². The van der Waals surface area contributed by atoms with Crippen LogP contribution in [0.5, 0.6) is 0 Å². The molecule has 1 aromatic rings. The Labute approximate surface area is 121 Å². The second kappa shape index (κ2) is 5.27. The molecule has 0 bridgehead atoms. The number of hydrogen-bond acceptors (Lipinski definition) is 2. The fraction of sp³-hybridized carbons (Fsp3) is 0.706. The number of nitrogens with zero attached hydrogens (tertiary/aromatic N) is 1. The first-order valence-electron chi connectivity index (χ1n) is 7.96. The van der Waals surface area contributed by atoms with Gasteiger partial charge in [-0.25, -0.2) is 0 Å². The molecule has 1 aromatic heterocycles. The van der Waals surface area contributed by atoms with E-state index in [1.165, 1.54) is 38.5 Å². The van der Waals surface area contributed by atoms with Crippen molar-refractivity contribution < 1.29 is 9.21 Å². The first-order valence-corrected chi connectivity index (χ1v) is 7.96. The molecule has 2 aliphatic rings. The van der Waals surface area contributed by atoms with Gasteiger partial charge in [0.05, 0.1) is 5.56 Å². The molecule has 1 heterocycles. The Morgan fingerprint density at radius 1 is 1.10 bits per heavy atom. The summed E-state index contributed by atoms with van der Waals surface area (Å²) in [4.78, 5) is 15.1. The third kappa shape index (κ3) is 2.63. The maximum Gasteiger partial charge on any atom is 0.257 e. The Balaban J connectivity index is 1.80. The zero-order chi connectivity index (χ0) is 14.3. The largest absolute Gasteiger partial charge is 0.466 e. The first kappa shape index (κ1) is 13.7. The van der Waals surface area contributed by atoms with Gasteiger partial charge in [0.1, 0.15) is 11.5 Å². The van der Waals surface area contributed by atoms with Gasteiger partial charge in [0.25, 0.3) is 5.91 Å². The highest BCUT2D eigenvalue weighted by Crippen LogP contribution is 2.36. The molecule has 2 aliphatic carbocycles. The normalized spacial score (nSPS) is 26.6. The molecule has 0 aliphatic heterocycles. The molecule has 1 amide bonds. The van der Waals surface area contributed by atoms with Crippen molar-refractivity contribution in [3.05, 3.63) is 23.2 Å². The third-order valence-electron chi connectivity index (χ3n) is 4.82. The van der Waals surface area contributed by atoms with Crippen LogP contribution in [0.4, 0.5) is 0 Å². The highest BCUT2D eigenvalue weighted by atomic mass is 16.3. The highest BCUT2D eigenvalue weighted by molar-refractivity contribution is 5.96.